The Morgan fingerprint density at radius 3 is 1.74 bits per heavy atom. The summed E-state index contributed by atoms with van der Waals surface area (Å²) in [6.45, 7) is 1.55. The second-order valence-electron chi connectivity index (χ2n) is 5.61. The van der Waals surface area contributed by atoms with Crippen LogP contribution in [-0.4, -0.2) is 33.6 Å². The van der Waals surface area contributed by atoms with Crippen molar-refractivity contribution >= 4 is 29.5 Å². The summed E-state index contributed by atoms with van der Waals surface area (Å²) in [5.74, 6) is 3.52. The van der Waals surface area contributed by atoms with Crippen molar-refractivity contribution in [1.29, 1.82) is 0 Å². The molecule has 0 bridgehead atoms. The Kier molecular flexibility index (Phi) is 7.74. The number of methoxy groups -OCH3 is 4. The summed E-state index contributed by atoms with van der Waals surface area (Å²) in [6, 6.07) is 7.56. The lowest BCUT2D eigenvalue weighted by atomic mass is 9.96. The standard InChI is InChI=1S/C20H24O5S2/c1-12(21)27-11-14-7-9-16(23-3)18(20(14)25-5)17-15(22-2)8-6-13(10-26)19(17)24-4/h6-9,26H,10-11H2,1-5H3. The summed E-state index contributed by atoms with van der Waals surface area (Å²) in [5.41, 5.74) is 3.26. The van der Waals surface area contributed by atoms with Crippen LogP contribution in [0, 0.1) is 0 Å². The van der Waals surface area contributed by atoms with Gasteiger partial charge >= 0.3 is 0 Å². The van der Waals surface area contributed by atoms with Crippen LogP contribution in [0.3, 0.4) is 0 Å². The van der Waals surface area contributed by atoms with Gasteiger partial charge in [0.25, 0.3) is 0 Å². The van der Waals surface area contributed by atoms with Crippen LogP contribution in [0.15, 0.2) is 24.3 Å². The van der Waals surface area contributed by atoms with Crippen molar-refractivity contribution in [1.82, 2.24) is 0 Å². The van der Waals surface area contributed by atoms with Gasteiger partial charge in [-0.05, 0) is 12.1 Å². The number of rotatable bonds is 8. The molecule has 0 aliphatic rings. The fourth-order valence-electron chi connectivity index (χ4n) is 2.91. The molecule has 0 aliphatic carbocycles. The molecular formula is C20H24O5S2. The van der Waals surface area contributed by atoms with Crippen molar-refractivity contribution in [3.05, 3.63) is 35.4 Å². The van der Waals surface area contributed by atoms with Crippen LogP contribution < -0.4 is 18.9 Å². The number of thiol groups is 1. The van der Waals surface area contributed by atoms with Gasteiger partial charge in [-0.25, -0.2) is 0 Å². The van der Waals surface area contributed by atoms with Crippen molar-refractivity contribution in [3.8, 4) is 34.1 Å². The van der Waals surface area contributed by atoms with Gasteiger partial charge in [0.15, 0.2) is 5.12 Å². The molecule has 0 amide bonds. The van der Waals surface area contributed by atoms with Crippen molar-refractivity contribution in [2.75, 3.05) is 28.4 Å². The molecule has 0 aliphatic heterocycles. The molecule has 0 radical (unpaired) electrons. The minimum atomic E-state index is 0.0432. The van der Waals surface area contributed by atoms with Gasteiger partial charge in [-0.15, -0.1) is 0 Å². The van der Waals surface area contributed by atoms with E-state index >= 15 is 0 Å². The molecule has 0 spiro atoms. The zero-order valence-electron chi connectivity index (χ0n) is 16.1. The largest absolute Gasteiger partial charge is 0.496 e. The zero-order valence-corrected chi connectivity index (χ0v) is 17.8. The molecule has 0 heterocycles. The van der Waals surface area contributed by atoms with E-state index in [9.17, 15) is 4.79 Å². The minimum absolute atomic E-state index is 0.0432. The Balaban J connectivity index is 2.83. The lowest BCUT2D eigenvalue weighted by Crippen LogP contribution is -2.02. The van der Waals surface area contributed by atoms with Gasteiger partial charge in [0.2, 0.25) is 0 Å². The number of thioether (sulfide) groups is 1. The maximum Gasteiger partial charge on any atom is 0.186 e. The number of ether oxygens (including phenoxy) is 4. The van der Waals surface area contributed by atoms with Gasteiger partial charge in [-0.2, -0.15) is 12.6 Å². The summed E-state index contributed by atoms with van der Waals surface area (Å²) in [5, 5.41) is 0.0432. The van der Waals surface area contributed by atoms with Gasteiger partial charge < -0.3 is 18.9 Å². The summed E-state index contributed by atoms with van der Waals surface area (Å²) < 4.78 is 22.7. The second kappa shape index (κ2) is 9.80. The van der Waals surface area contributed by atoms with E-state index in [2.05, 4.69) is 12.6 Å². The van der Waals surface area contributed by atoms with E-state index in [4.69, 9.17) is 18.9 Å². The molecule has 2 aromatic carbocycles. The highest BCUT2D eigenvalue weighted by Gasteiger charge is 2.25. The average molecular weight is 409 g/mol. The van der Waals surface area contributed by atoms with E-state index in [1.807, 2.05) is 24.3 Å². The SMILES string of the molecule is COc1ccc(CS)c(OC)c1-c1c(OC)ccc(CSC(C)=O)c1OC. The van der Waals surface area contributed by atoms with Crippen LogP contribution in [0.4, 0.5) is 0 Å². The maximum atomic E-state index is 11.4. The molecule has 7 heteroatoms. The Morgan fingerprint density at radius 1 is 0.852 bits per heavy atom. The smallest absolute Gasteiger partial charge is 0.186 e. The quantitative estimate of drug-likeness (QED) is 0.645. The van der Waals surface area contributed by atoms with E-state index in [1.165, 1.54) is 11.8 Å². The van der Waals surface area contributed by atoms with Crippen molar-refractivity contribution in [2.45, 2.75) is 18.4 Å². The van der Waals surface area contributed by atoms with Gasteiger partial charge in [0, 0.05) is 29.6 Å². The topological polar surface area (TPSA) is 54.0 Å². The molecule has 0 aromatic heterocycles. The van der Waals surface area contributed by atoms with Crippen molar-refractivity contribution in [3.63, 3.8) is 0 Å². The molecular weight excluding hydrogens is 384 g/mol. The second-order valence-corrected chi connectivity index (χ2v) is 7.08. The van der Waals surface area contributed by atoms with Gasteiger partial charge in [-0.3, -0.25) is 4.79 Å². The Morgan fingerprint density at radius 2 is 1.33 bits per heavy atom. The number of carbonyl (C=O) groups excluding carboxylic acids is 1. The molecule has 0 saturated heterocycles. The highest BCUT2D eigenvalue weighted by molar-refractivity contribution is 8.12. The van der Waals surface area contributed by atoms with Crippen LogP contribution in [0.25, 0.3) is 11.1 Å². The first kappa shape index (κ1) is 21.3. The minimum Gasteiger partial charge on any atom is -0.496 e. The third kappa shape index (κ3) is 4.47. The molecule has 5 nitrogen and oxygen atoms in total. The zero-order chi connectivity index (χ0) is 20.0. The highest BCUT2D eigenvalue weighted by Crippen LogP contribution is 2.50. The van der Waals surface area contributed by atoms with E-state index in [1.54, 1.807) is 35.4 Å². The van der Waals surface area contributed by atoms with Crippen molar-refractivity contribution < 1.29 is 23.7 Å². The number of carbonyl (C=O) groups is 1. The van der Waals surface area contributed by atoms with Crippen LogP contribution >= 0.6 is 24.4 Å². The summed E-state index contributed by atoms with van der Waals surface area (Å²) in [4.78, 5) is 11.4. The number of benzene rings is 2. The average Bonchev–Trinajstić information content (AvgIpc) is 2.69. The van der Waals surface area contributed by atoms with Crippen LogP contribution in [0.2, 0.25) is 0 Å². The van der Waals surface area contributed by atoms with Gasteiger partial charge in [0.05, 0.1) is 39.6 Å². The fourth-order valence-corrected chi connectivity index (χ4v) is 3.75. The van der Waals surface area contributed by atoms with Gasteiger partial charge in [0.1, 0.15) is 23.0 Å². The predicted octanol–water partition coefficient (Wildman–Crippen LogP) is 4.60. The maximum absolute atomic E-state index is 11.4. The normalized spacial score (nSPS) is 10.4. The third-order valence-electron chi connectivity index (χ3n) is 4.10. The van der Waals surface area contributed by atoms with Crippen LogP contribution in [0.1, 0.15) is 18.1 Å². The lowest BCUT2D eigenvalue weighted by molar-refractivity contribution is -0.109. The number of hydrogen-bond donors (Lipinski definition) is 1. The van der Waals surface area contributed by atoms with Crippen LogP contribution in [-0.2, 0) is 16.3 Å². The Hall–Kier alpha value is -1.99. The predicted molar refractivity (Wildman–Crippen MR) is 113 cm³/mol. The first-order chi connectivity index (χ1) is 13.0. The molecule has 146 valence electrons. The third-order valence-corrected chi connectivity index (χ3v) is 5.30. The molecule has 0 unspecified atom stereocenters. The van der Waals surface area contributed by atoms with E-state index in [0.29, 0.717) is 34.5 Å². The first-order valence-electron chi connectivity index (χ1n) is 8.24. The molecule has 0 N–H and O–H groups in total. The summed E-state index contributed by atoms with van der Waals surface area (Å²) in [7, 11) is 6.41. The summed E-state index contributed by atoms with van der Waals surface area (Å²) >= 11 is 5.63. The summed E-state index contributed by atoms with van der Waals surface area (Å²) in [6.07, 6.45) is 0. The monoisotopic (exact) mass is 408 g/mol. The van der Waals surface area contributed by atoms with E-state index < -0.39 is 0 Å². The van der Waals surface area contributed by atoms with Crippen molar-refractivity contribution in [2.24, 2.45) is 0 Å². The Labute approximate surface area is 169 Å². The fraction of sp³-hybridized carbons (Fsp3) is 0.350. The molecule has 0 atom stereocenters. The molecule has 0 saturated carbocycles. The Bertz CT molecular complexity index is 821. The highest BCUT2D eigenvalue weighted by atomic mass is 32.2. The molecule has 27 heavy (non-hydrogen) atoms. The van der Waals surface area contributed by atoms with Gasteiger partial charge in [-0.1, -0.05) is 23.9 Å². The van der Waals surface area contributed by atoms with Crippen LogP contribution in [0.5, 0.6) is 23.0 Å². The first-order valence-corrected chi connectivity index (χ1v) is 9.86. The van der Waals surface area contributed by atoms with E-state index in [0.717, 1.165) is 22.3 Å². The van der Waals surface area contributed by atoms with E-state index in [-0.39, 0.29) is 5.12 Å². The molecule has 2 rings (SSSR count). The molecule has 2 aromatic rings. The molecule has 0 fully saturated rings. The lowest BCUT2D eigenvalue weighted by Gasteiger charge is -2.22. The number of hydrogen-bond acceptors (Lipinski definition) is 7.